The first-order valence-electron chi connectivity index (χ1n) is 6.66. The molecule has 0 radical (unpaired) electrons. The minimum Gasteiger partial charge on any atom is -0.390 e. The van der Waals surface area contributed by atoms with E-state index in [1.54, 1.807) is 18.3 Å². The molecule has 2 rings (SSSR count). The van der Waals surface area contributed by atoms with Crippen molar-refractivity contribution in [2.45, 2.75) is 37.4 Å². The number of rotatable bonds is 4. The van der Waals surface area contributed by atoms with Gasteiger partial charge in [0.1, 0.15) is 5.60 Å². The van der Waals surface area contributed by atoms with E-state index >= 15 is 0 Å². The number of nitro groups is 1. The van der Waals surface area contributed by atoms with Gasteiger partial charge in [-0.25, -0.2) is 0 Å². The molecule has 0 aliphatic heterocycles. The monoisotopic (exact) mass is 278 g/mol. The van der Waals surface area contributed by atoms with Crippen LogP contribution in [0.25, 0.3) is 0 Å². The first-order chi connectivity index (χ1) is 9.51. The van der Waals surface area contributed by atoms with Crippen LogP contribution in [0.3, 0.4) is 0 Å². The van der Waals surface area contributed by atoms with Gasteiger partial charge in [0.15, 0.2) is 0 Å². The van der Waals surface area contributed by atoms with E-state index in [1.165, 1.54) is 12.1 Å². The Morgan fingerprint density at radius 1 is 1.40 bits per heavy atom. The van der Waals surface area contributed by atoms with E-state index in [9.17, 15) is 20.3 Å². The molecular weight excluding hydrogens is 260 g/mol. The van der Waals surface area contributed by atoms with Crippen LogP contribution in [0.1, 0.15) is 31.2 Å². The predicted molar refractivity (Wildman–Crippen MR) is 75.0 cm³/mol. The summed E-state index contributed by atoms with van der Waals surface area (Å²) in [6, 6.07) is 6.02. The van der Waals surface area contributed by atoms with Crippen molar-refractivity contribution >= 4 is 11.9 Å². The van der Waals surface area contributed by atoms with Crippen LogP contribution in [0.2, 0.25) is 0 Å². The molecule has 0 saturated heterocycles. The predicted octanol–water partition coefficient (Wildman–Crippen LogP) is 1.68. The van der Waals surface area contributed by atoms with E-state index in [0.29, 0.717) is 12.8 Å². The SMILES string of the molecule is O=[N+]([O-])c1ccc(C=NC[C@@]2(O)CCCC[C@@H]2O)cc1. The molecule has 6 nitrogen and oxygen atoms in total. The number of nitro benzene ring substituents is 1. The Morgan fingerprint density at radius 3 is 2.70 bits per heavy atom. The number of aliphatic hydroxyl groups excluding tert-OH is 1. The van der Waals surface area contributed by atoms with Gasteiger partial charge in [0.05, 0.1) is 17.6 Å². The van der Waals surface area contributed by atoms with Crippen molar-refractivity contribution in [2.24, 2.45) is 4.99 Å². The first kappa shape index (κ1) is 14.6. The Labute approximate surface area is 116 Å². The van der Waals surface area contributed by atoms with Crippen molar-refractivity contribution in [2.75, 3.05) is 6.54 Å². The van der Waals surface area contributed by atoms with E-state index in [-0.39, 0.29) is 12.2 Å². The molecule has 2 N–H and O–H groups in total. The Hall–Kier alpha value is -1.79. The van der Waals surface area contributed by atoms with Crippen LogP contribution < -0.4 is 0 Å². The van der Waals surface area contributed by atoms with Gasteiger partial charge in [0.2, 0.25) is 0 Å². The summed E-state index contributed by atoms with van der Waals surface area (Å²) >= 11 is 0. The number of aliphatic hydroxyl groups is 2. The molecule has 108 valence electrons. The smallest absolute Gasteiger partial charge is 0.269 e. The maximum atomic E-state index is 10.5. The number of nitrogens with zero attached hydrogens (tertiary/aromatic N) is 2. The summed E-state index contributed by atoms with van der Waals surface area (Å²) in [4.78, 5) is 14.2. The highest BCUT2D eigenvalue weighted by molar-refractivity contribution is 5.79. The molecule has 20 heavy (non-hydrogen) atoms. The van der Waals surface area contributed by atoms with Crippen molar-refractivity contribution in [1.29, 1.82) is 0 Å². The molecule has 0 amide bonds. The van der Waals surface area contributed by atoms with E-state index < -0.39 is 16.6 Å². The van der Waals surface area contributed by atoms with Crippen LogP contribution in [0.5, 0.6) is 0 Å². The average Bonchev–Trinajstić information content (AvgIpc) is 2.43. The second-order valence-corrected chi connectivity index (χ2v) is 5.18. The topological polar surface area (TPSA) is 96.0 Å². The van der Waals surface area contributed by atoms with Crippen molar-refractivity contribution < 1.29 is 15.1 Å². The summed E-state index contributed by atoms with van der Waals surface area (Å²) in [5, 5.41) is 30.6. The summed E-state index contributed by atoms with van der Waals surface area (Å²) in [5.74, 6) is 0. The van der Waals surface area contributed by atoms with Gasteiger partial charge in [0.25, 0.3) is 5.69 Å². The van der Waals surface area contributed by atoms with Gasteiger partial charge < -0.3 is 10.2 Å². The minimum absolute atomic E-state index is 0.0310. The van der Waals surface area contributed by atoms with Gasteiger partial charge in [-0.1, -0.05) is 12.8 Å². The summed E-state index contributed by atoms with van der Waals surface area (Å²) in [6.45, 7) is 0.144. The van der Waals surface area contributed by atoms with E-state index in [1.807, 2.05) is 0 Å². The standard InChI is InChI=1S/C14H18N2O4/c17-13-3-1-2-8-14(13,18)10-15-9-11-4-6-12(7-5-11)16(19)20/h4-7,9,13,17-18H,1-3,8,10H2/t13-,14-/m0/s1. The highest BCUT2D eigenvalue weighted by Gasteiger charge is 2.37. The van der Waals surface area contributed by atoms with Gasteiger partial charge in [-0.15, -0.1) is 0 Å². The fraction of sp³-hybridized carbons (Fsp3) is 0.500. The molecular formula is C14H18N2O4. The molecule has 0 heterocycles. The van der Waals surface area contributed by atoms with Crippen LogP contribution in [0.15, 0.2) is 29.3 Å². The van der Waals surface area contributed by atoms with Crippen LogP contribution in [0.4, 0.5) is 5.69 Å². The molecule has 1 aliphatic rings. The lowest BCUT2D eigenvalue weighted by Gasteiger charge is -2.35. The maximum absolute atomic E-state index is 10.5. The lowest BCUT2D eigenvalue weighted by molar-refractivity contribution is -0.384. The van der Waals surface area contributed by atoms with Crippen LogP contribution in [0, 0.1) is 10.1 Å². The van der Waals surface area contributed by atoms with Crippen molar-refractivity contribution in [3.8, 4) is 0 Å². The van der Waals surface area contributed by atoms with Crippen LogP contribution >= 0.6 is 0 Å². The largest absolute Gasteiger partial charge is 0.390 e. The highest BCUT2D eigenvalue weighted by atomic mass is 16.6. The van der Waals surface area contributed by atoms with Crippen molar-refractivity contribution in [3.63, 3.8) is 0 Å². The molecule has 2 atom stereocenters. The molecule has 0 bridgehead atoms. The first-order valence-corrected chi connectivity index (χ1v) is 6.66. The van der Waals surface area contributed by atoms with E-state index in [4.69, 9.17) is 0 Å². The molecule has 0 spiro atoms. The molecule has 1 saturated carbocycles. The number of aliphatic imine (C=N–C) groups is 1. The summed E-state index contributed by atoms with van der Waals surface area (Å²) in [5.41, 5.74) is -0.386. The van der Waals surface area contributed by atoms with Gasteiger partial charge in [-0.3, -0.25) is 15.1 Å². The van der Waals surface area contributed by atoms with E-state index in [0.717, 1.165) is 18.4 Å². The summed E-state index contributed by atoms with van der Waals surface area (Å²) in [7, 11) is 0. The van der Waals surface area contributed by atoms with Crippen LogP contribution in [-0.4, -0.2) is 39.6 Å². The third-order valence-electron chi connectivity index (χ3n) is 3.67. The molecule has 0 unspecified atom stereocenters. The third kappa shape index (κ3) is 3.40. The molecule has 6 heteroatoms. The van der Waals surface area contributed by atoms with Gasteiger partial charge in [-0.2, -0.15) is 0 Å². The quantitative estimate of drug-likeness (QED) is 0.497. The number of non-ortho nitro benzene ring substituents is 1. The molecule has 1 fully saturated rings. The molecule has 0 aromatic heterocycles. The maximum Gasteiger partial charge on any atom is 0.269 e. The molecule has 1 aliphatic carbocycles. The minimum atomic E-state index is -1.14. The summed E-state index contributed by atoms with van der Waals surface area (Å²) in [6.07, 6.45) is 3.79. The zero-order valence-electron chi connectivity index (χ0n) is 11.1. The Morgan fingerprint density at radius 2 is 2.10 bits per heavy atom. The number of hydrogen-bond acceptors (Lipinski definition) is 5. The average molecular weight is 278 g/mol. The summed E-state index contributed by atoms with van der Waals surface area (Å²) < 4.78 is 0. The Bertz CT molecular complexity index is 500. The van der Waals surface area contributed by atoms with Crippen LogP contribution in [-0.2, 0) is 0 Å². The Balaban J connectivity index is 1.97. The second kappa shape index (κ2) is 6.11. The highest BCUT2D eigenvalue weighted by Crippen LogP contribution is 2.28. The lowest BCUT2D eigenvalue weighted by atomic mass is 9.82. The van der Waals surface area contributed by atoms with Crippen molar-refractivity contribution in [1.82, 2.24) is 0 Å². The third-order valence-corrected chi connectivity index (χ3v) is 3.67. The number of benzene rings is 1. The van der Waals surface area contributed by atoms with Gasteiger partial charge in [0, 0.05) is 18.3 Å². The lowest BCUT2D eigenvalue weighted by Crippen LogP contribution is -2.47. The fourth-order valence-electron chi connectivity index (χ4n) is 2.38. The zero-order valence-corrected chi connectivity index (χ0v) is 11.1. The second-order valence-electron chi connectivity index (χ2n) is 5.18. The zero-order chi connectivity index (χ0) is 14.6. The van der Waals surface area contributed by atoms with Crippen molar-refractivity contribution in [3.05, 3.63) is 39.9 Å². The number of hydrogen-bond donors (Lipinski definition) is 2. The van der Waals surface area contributed by atoms with Gasteiger partial charge >= 0.3 is 0 Å². The normalized spacial score (nSPS) is 26.8. The van der Waals surface area contributed by atoms with Gasteiger partial charge in [-0.05, 0) is 30.5 Å². The van der Waals surface area contributed by atoms with E-state index in [2.05, 4.69) is 4.99 Å². The fourth-order valence-corrected chi connectivity index (χ4v) is 2.38. The molecule has 1 aromatic rings. The Kier molecular flexibility index (Phi) is 4.46. The molecule has 1 aromatic carbocycles.